The average molecular weight is 216 g/mol. The molecule has 0 amide bonds. The lowest BCUT2D eigenvalue weighted by atomic mass is 10.1. The van der Waals surface area contributed by atoms with E-state index < -0.39 is 0 Å². The van der Waals surface area contributed by atoms with E-state index in [4.69, 9.17) is 15.9 Å². The van der Waals surface area contributed by atoms with Crippen LogP contribution in [-0.2, 0) is 0 Å². The number of aliphatic hydroxyl groups excluding tert-OH is 2. The van der Waals surface area contributed by atoms with E-state index in [1.165, 1.54) is 0 Å². The number of aliphatic hydroxyl groups is 2. The number of rotatable bonds is 8. The first-order valence-corrected chi connectivity index (χ1v) is 4.49. The Morgan fingerprint density at radius 1 is 1.00 bits per heavy atom. The number of nitrogens with two attached hydrogens (primary N) is 1. The minimum Gasteiger partial charge on any atom is -0.396 e. The van der Waals surface area contributed by atoms with Crippen molar-refractivity contribution in [1.29, 1.82) is 0 Å². The van der Waals surface area contributed by atoms with Gasteiger partial charge < -0.3 is 21.3 Å². The van der Waals surface area contributed by atoms with Crippen LogP contribution in [-0.4, -0.2) is 42.6 Å². The van der Waals surface area contributed by atoms with Crippen LogP contribution in [0.15, 0.2) is 0 Å². The summed E-state index contributed by atoms with van der Waals surface area (Å²) in [6.45, 7) is 2.09. The van der Waals surface area contributed by atoms with Crippen molar-refractivity contribution in [2.24, 2.45) is 5.73 Å². The summed E-state index contributed by atoms with van der Waals surface area (Å²) in [6.07, 6.45) is 2.34. The maximum Gasteiger partial charge on any atom is 0.0445 e. The number of halogens is 2. The Morgan fingerprint density at radius 2 is 1.64 bits per heavy atom. The average Bonchev–Trinajstić information content (AvgIpc) is 2.05. The molecule has 4 nitrogen and oxygen atoms in total. The Kier molecular flexibility index (Phi) is 20.9. The Hall–Kier alpha value is -0.300. The van der Waals surface area contributed by atoms with Crippen LogP contribution in [0.25, 0.3) is 0 Å². The molecule has 1 atom stereocenters. The normalized spacial score (nSPS) is 11.4. The van der Waals surface area contributed by atoms with Crippen molar-refractivity contribution < 1.29 is 19.6 Å². The van der Waals surface area contributed by atoms with Gasteiger partial charge in [-0.15, -0.1) is 0 Å². The van der Waals surface area contributed by atoms with Crippen molar-refractivity contribution in [3.8, 4) is 0 Å². The molecule has 5 N–H and O–H groups in total. The Labute approximate surface area is 83.2 Å². The standard InChI is InChI=1S/C8H20N2O2.2FH/c9-8(3-7-12)2-5-10-4-1-6-11;;/h8,10-12H,1-7,9H2;2*1H. The maximum absolute atomic E-state index is 8.54. The minimum atomic E-state index is 0. The molecule has 0 aliphatic heterocycles. The fourth-order valence-corrected chi connectivity index (χ4v) is 0.927. The van der Waals surface area contributed by atoms with Crippen LogP contribution in [0.2, 0.25) is 0 Å². The van der Waals surface area contributed by atoms with Crippen LogP contribution in [0, 0.1) is 0 Å². The lowest BCUT2D eigenvalue weighted by Gasteiger charge is -2.09. The van der Waals surface area contributed by atoms with E-state index >= 15 is 0 Å². The van der Waals surface area contributed by atoms with Crippen LogP contribution in [0.3, 0.4) is 0 Å². The molecule has 0 aromatic heterocycles. The van der Waals surface area contributed by atoms with E-state index in [0.29, 0.717) is 6.42 Å². The summed E-state index contributed by atoms with van der Waals surface area (Å²) in [4.78, 5) is 0. The van der Waals surface area contributed by atoms with E-state index in [9.17, 15) is 0 Å². The zero-order valence-electron chi connectivity index (χ0n) is 8.32. The SMILES string of the molecule is F.F.NC(CCO)CCNCCCO. The van der Waals surface area contributed by atoms with Gasteiger partial charge in [0.15, 0.2) is 0 Å². The quantitative estimate of drug-likeness (QED) is 0.407. The van der Waals surface area contributed by atoms with Crippen LogP contribution < -0.4 is 11.1 Å². The third kappa shape index (κ3) is 14.2. The molecule has 0 aromatic carbocycles. The highest BCUT2D eigenvalue weighted by molar-refractivity contribution is 4.61. The summed E-state index contributed by atoms with van der Waals surface area (Å²) in [5.74, 6) is 0. The monoisotopic (exact) mass is 216 g/mol. The summed E-state index contributed by atoms with van der Waals surface area (Å²) in [6, 6.07) is 0.0941. The van der Waals surface area contributed by atoms with Gasteiger partial charge in [-0.3, -0.25) is 9.41 Å². The molecule has 0 fully saturated rings. The molecule has 1 unspecified atom stereocenters. The van der Waals surface area contributed by atoms with Crippen molar-refractivity contribution in [3.05, 3.63) is 0 Å². The van der Waals surface area contributed by atoms with Gasteiger partial charge in [-0.25, -0.2) is 0 Å². The molecule has 0 heterocycles. The van der Waals surface area contributed by atoms with Gasteiger partial charge in [0.25, 0.3) is 0 Å². The van der Waals surface area contributed by atoms with Gasteiger partial charge in [0.2, 0.25) is 0 Å². The van der Waals surface area contributed by atoms with E-state index in [0.717, 1.165) is 25.9 Å². The van der Waals surface area contributed by atoms with Crippen LogP contribution >= 0.6 is 0 Å². The highest BCUT2D eigenvalue weighted by atomic mass is 19.0. The molecule has 0 saturated carbocycles. The third-order valence-electron chi connectivity index (χ3n) is 1.70. The molecule has 0 aliphatic carbocycles. The first-order chi connectivity index (χ1) is 5.81. The summed E-state index contributed by atoms with van der Waals surface area (Å²) in [5.41, 5.74) is 5.65. The summed E-state index contributed by atoms with van der Waals surface area (Å²) >= 11 is 0. The lowest BCUT2D eigenvalue weighted by molar-refractivity contribution is 0.271. The molecule has 0 saturated heterocycles. The van der Waals surface area contributed by atoms with Crippen molar-refractivity contribution in [3.63, 3.8) is 0 Å². The zero-order valence-corrected chi connectivity index (χ0v) is 8.32. The molecule has 0 aliphatic rings. The molecule has 14 heavy (non-hydrogen) atoms. The third-order valence-corrected chi connectivity index (χ3v) is 1.70. The predicted octanol–water partition coefficient (Wildman–Crippen LogP) is -0.637. The van der Waals surface area contributed by atoms with Crippen molar-refractivity contribution in [2.75, 3.05) is 26.3 Å². The second-order valence-electron chi connectivity index (χ2n) is 2.89. The molecule has 0 aromatic rings. The van der Waals surface area contributed by atoms with Crippen molar-refractivity contribution in [1.82, 2.24) is 5.32 Å². The predicted molar refractivity (Wildman–Crippen MR) is 53.9 cm³/mol. The second-order valence-corrected chi connectivity index (χ2v) is 2.89. The van der Waals surface area contributed by atoms with Crippen molar-refractivity contribution >= 4 is 0 Å². The highest BCUT2D eigenvalue weighted by Crippen LogP contribution is 1.91. The minimum absolute atomic E-state index is 0. The molecule has 90 valence electrons. The van der Waals surface area contributed by atoms with Gasteiger partial charge in [-0.2, -0.15) is 0 Å². The van der Waals surface area contributed by atoms with E-state index in [1.807, 2.05) is 0 Å². The smallest absolute Gasteiger partial charge is 0.0445 e. The maximum atomic E-state index is 8.54. The lowest BCUT2D eigenvalue weighted by Crippen LogP contribution is -2.28. The van der Waals surface area contributed by atoms with Gasteiger partial charge in [-0.05, 0) is 32.4 Å². The van der Waals surface area contributed by atoms with Gasteiger partial charge in [0.1, 0.15) is 0 Å². The molecular weight excluding hydrogens is 194 g/mol. The second kappa shape index (κ2) is 15.2. The molecule has 0 spiro atoms. The van der Waals surface area contributed by atoms with Gasteiger partial charge in [-0.1, -0.05) is 0 Å². The van der Waals surface area contributed by atoms with Crippen molar-refractivity contribution in [2.45, 2.75) is 25.3 Å². The highest BCUT2D eigenvalue weighted by Gasteiger charge is 1.99. The molecule has 0 bridgehead atoms. The van der Waals surface area contributed by atoms with E-state index in [2.05, 4.69) is 5.32 Å². The Morgan fingerprint density at radius 3 is 2.14 bits per heavy atom. The van der Waals surface area contributed by atoms with Crippen LogP contribution in [0.5, 0.6) is 0 Å². The molecule has 0 radical (unpaired) electrons. The number of hydrogen-bond acceptors (Lipinski definition) is 4. The largest absolute Gasteiger partial charge is 0.396 e. The van der Waals surface area contributed by atoms with Crippen LogP contribution in [0.1, 0.15) is 19.3 Å². The topological polar surface area (TPSA) is 78.5 Å². The van der Waals surface area contributed by atoms with Gasteiger partial charge in [0, 0.05) is 19.3 Å². The number of nitrogens with one attached hydrogen (secondary N) is 1. The molecule has 6 heteroatoms. The fourth-order valence-electron chi connectivity index (χ4n) is 0.927. The summed E-state index contributed by atoms with van der Waals surface area (Å²) in [5, 5.41) is 20.2. The first-order valence-electron chi connectivity index (χ1n) is 4.49. The summed E-state index contributed by atoms with van der Waals surface area (Å²) < 4.78 is 0. The van der Waals surface area contributed by atoms with E-state index in [-0.39, 0.29) is 28.7 Å². The number of hydrogen-bond donors (Lipinski definition) is 4. The molecular formula is C8H22F2N2O2. The zero-order chi connectivity index (χ0) is 9.23. The Balaban J connectivity index is -0.000000605. The first kappa shape index (κ1) is 19.3. The molecule has 0 rings (SSSR count). The van der Waals surface area contributed by atoms with Crippen LogP contribution in [0.4, 0.5) is 9.41 Å². The van der Waals surface area contributed by atoms with E-state index in [1.54, 1.807) is 0 Å². The van der Waals surface area contributed by atoms with Gasteiger partial charge in [0.05, 0.1) is 0 Å². The fraction of sp³-hybridized carbons (Fsp3) is 1.00. The summed E-state index contributed by atoms with van der Waals surface area (Å²) in [7, 11) is 0. The van der Waals surface area contributed by atoms with Gasteiger partial charge >= 0.3 is 0 Å². The Bertz CT molecular complexity index is 99.4.